The molecule has 0 fully saturated rings. The molecular weight excluding hydrogens is 230 g/mol. The molecular formula is C14H23NOS. The van der Waals surface area contributed by atoms with E-state index in [2.05, 4.69) is 29.0 Å². The fraction of sp³-hybridized carbons (Fsp3) is 0.571. The number of aryl methyl sites for hydroxylation is 2. The van der Waals surface area contributed by atoms with Gasteiger partial charge >= 0.3 is 0 Å². The number of benzene rings is 1. The summed E-state index contributed by atoms with van der Waals surface area (Å²) in [7, 11) is 0.802. The Morgan fingerprint density at radius 3 is 1.88 bits per heavy atom. The van der Waals surface area contributed by atoms with Gasteiger partial charge < -0.3 is 0 Å². The van der Waals surface area contributed by atoms with Crippen LogP contribution in [-0.2, 0) is 23.8 Å². The third-order valence-electron chi connectivity index (χ3n) is 2.75. The fourth-order valence-corrected chi connectivity index (χ4v) is 2.43. The van der Waals surface area contributed by atoms with E-state index in [4.69, 9.17) is 0 Å². The minimum Gasteiger partial charge on any atom is -0.242 e. The third-order valence-corrected chi connectivity index (χ3v) is 4.24. The molecule has 0 aliphatic heterocycles. The highest BCUT2D eigenvalue weighted by Gasteiger charge is 2.16. The lowest BCUT2D eigenvalue weighted by molar-refractivity contribution is 0.642. The number of hydrogen-bond acceptors (Lipinski definition) is 1. The quantitative estimate of drug-likeness (QED) is 0.819. The molecule has 1 atom stereocenters. The van der Waals surface area contributed by atoms with Crippen molar-refractivity contribution in [3.8, 4) is 0 Å². The lowest BCUT2D eigenvalue weighted by Gasteiger charge is -2.15. The van der Waals surface area contributed by atoms with E-state index in [0.717, 1.165) is 0 Å². The van der Waals surface area contributed by atoms with E-state index in [-0.39, 0.29) is 4.75 Å². The molecule has 1 unspecified atom stereocenters. The Hall–Kier alpha value is -0.670. The van der Waals surface area contributed by atoms with Crippen molar-refractivity contribution in [2.45, 2.75) is 44.8 Å². The molecule has 0 aromatic heterocycles. The van der Waals surface area contributed by atoms with Gasteiger partial charge in [-0.1, -0.05) is 24.3 Å². The summed E-state index contributed by atoms with van der Waals surface area (Å²) >= 11 is 0. The monoisotopic (exact) mass is 253 g/mol. The molecule has 0 heterocycles. The van der Waals surface area contributed by atoms with E-state index < -0.39 is 11.0 Å². The van der Waals surface area contributed by atoms with Crippen molar-refractivity contribution in [1.29, 1.82) is 0 Å². The van der Waals surface area contributed by atoms with Crippen molar-refractivity contribution in [1.82, 2.24) is 4.72 Å². The van der Waals surface area contributed by atoms with E-state index in [1.807, 2.05) is 20.8 Å². The zero-order chi connectivity index (χ0) is 12.9. The van der Waals surface area contributed by atoms with Gasteiger partial charge in [-0.05, 0) is 58.2 Å². The van der Waals surface area contributed by atoms with Crippen molar-refractivity contribution < 1.29 is 4.21 Å². The average molecular weight is 253 g/mol. The fourth-order valence-electron chi connectivity index (χ4n) is 1.82. The maximum Gasteiger partial charge on any atom is 0.0967 e. The smallest absolute Gasteiger partial charge is 0.0967 e. The van der Waals surface area contributed by atoms with Gasteiger partial charge in [-0.2, -0.15) is 0 Å². The first kappa shape index (κ1) is 14.4. The molecule has 2 rings (SSSR count). The molecule has 3 heteroatoms. The van der Waals surface area contributed by atoms with Gasteiger partial charge in [0, 0.05) is 0 Å². The van der Waals surface area contributed by atoms with E-state index in [1.54, 1.807) is 18.2 Å². The Kier molecular flexibility index (Phi) is 5.34. The van der Waals surface area contributed by atoms with Crippen LogP contribution in [-0.4, -0.2) is 16.0 Å². The average Bonchev–Trinajstić information content (AvgIpc) is 2.75. The van der Waals surface area contributed by atoms with E-state index >= 15 is 0 Å². The molecule has 0 radical (unpaired) electrons. The second-order valence-corrected chi connectivity index (χ2v) is 7.38. The van der Waals surface area contributed by atoms with Crippen molar-refractivity contribution in [3.63, 3.8) is 0 Å². The molecule has 1 aromatic carbocycles. The maximum atomic E-state index is 10.8. The molecule has 1 aliphatic rings. The normalized spacial score (nSPS) is 15.8. The second-order valence-electron chi connectivity index (χ2n) is 5.21. The lowest BCUT2D eigenvalue weighted by Crippen LogP contribution is -2.30. The van der Waals surface area contributed by atoms with Crippen LogP contribution in [0.2, 0.25) is 0 Å². The number of fused-ring (bicyclic) bond motifs is 1. The van der Waals surface area contributed by atoms with Crippen LogP contribution in [0.3, 0.4) is 0 Å². The zero-order valence-corrected chi connectivity index (χ0v) is 12.1. The van der Waals surface area contributed by atoms with Crippen LogP contribution in [0.15, 0.2) is 24.3 Å². The summed E-state index contributed by atoms with van der Waals surface area (Å²) in [5.74, 6) is 0. The molecule has 0 amide bonds. The zero-order valence-electron chi connectivity index (χ0n) is 11.2. The van der Waals surface area contributed by atoms with Crippen molar-refractivity contribution in [2.75, 3.05) is 7.05 Å². The predicted octanol–water partition coefficient (Wildman–Crippen LogP) is 2.84. The SMILES string of the molecule is CNS(=O)C(C)(C)C.c1ccc2c(c1)CCC2. The highest BCUT2D eigenvalue weighted by atomic mass is 32.2. The van der Waals surface area contributed by atoms with Gasteiger partial charge in [0.1, 0.15) is 0 Å². The summed E-state index contributed by atoms with van der Waals surface area (Å²) < 4.78 is 13.4. The first-order valence-corrected chi connectivity index (χ1v) is 7.26. The van der Waals surface area contributed by atoms with Crippen molar-refractivity contribution in [2.24, 2.45) is 0 Å². The van der Waals surface area contributed by atoms with Crippen LogP contribution in [0.25, 0.3) is 0 Å². The van der Waals surface area contributed by atoms with Gasteiger partial charge in [0.15, 0.2) is 0 Å². The van der Waals surface area contributed by atoms with Crippen LogP contribution in [0.4, 0.5) is 0 Å². The molecule has 1 N–H and O–H groups in total. The summed E-state index contributed by atoms with van der Waals surface area (Å²) in [4.78, 5) is 0. The molecule has 0 spiro atoms. The first-order chi connectivity index (χ1) is 7.95. The Bertz CT molecular complexity index is 359. The predicted molar refractivity (Wildman–Crippen MR) is 75.4 cm³/mol. The molecule has 96 valence electrons. The lowest BCUT2D eigenvalue weighted by atomic mass is 10.1. The number of nitrogens with one attached hydrogen (secondary N) is 1. The van der Waals surface area contributed by atoms with Gasteiger partial charge in [0.2, 0.25) is 0 Å². The van der Waals surface area contributed by atoms with Gasteiger partial charge in [-0.15, -0.1) is 0 Å². The number of rotatable bonds is 1. The molecule has 1 aromatic rings. The minimum atomic E-state index is -0.894. The summed E-state index contributed by atoms with van der Waals surface area (Å²) in [6.45, 7) is 5.79. The molecule has 17 heavy (non-hydrogen) atoms. The Balaban J connectivity index is 0.000000172. The molecule has 1 aliphatic carbocycles. The summed E-state index contributed by atoms with van der Waals surface area (Å²) in [6, 6.07) is 8.74. The molecule has 0 saturated carbocycles. The maximum absolute atomic E-state index is 10.8. The van der Waals surface area contributed by atoms with Crippen LogP contribution in [0, 0.1) is 0 Å². The van der Waals surface area contributed by atoms with Crippen LogP contribution in [0.1, 0.15) is 38.3 Å². The van der Waals surface area contributed by atoms with Crippen LogP contribution < -0.4 is 4.72 Å². The van der Waals surface area contributed by atoms with E-state index in [9.17, 15) is 4.21 Å². The Morgan fingerprint density at radius 2 is 1.59 bits per heavy atom. The van der Waals surface area contributed by atoms with Gasteiger partial charge in [0.25, 0.3) is 0 Å². The van der Waals surface area contributed by atoms with Crippen molar-refractivity contribution in [3.05, 3.63) is 35.4 Å². The Labute approximate surface area is 107 Å². The van der Waals surface area contributed by atoms with Gasteiger partial charge in [-0.25, -0.2) is 8.93 Å². The standard InChI is InChI=1S/C9H10.C5H13NOS/c1-2-5-9-7-3-6-8(9)4-1;1-5(2,3)8(7)6-4/h1-2,4-5H,3,6-7H2;6H,1-4H3. The summed E-state index contributed by atoms with van der Waals surface area (Å²) in [5, 5.41) is 0. The highest BCUT2D eigenvalue weighted by molar-refractivity contribution is 7.84. The Morgan fingerprint density at radius 1 is 1.12 bits per heavy atom. The third kappa shape index (κ3) is 4.60. The minimum absolute atomic E-state index is 0.130. The van der Waals surface area contributed by atoms with E-state index in [0.29, 0.717) is 0 Å². The van der Waals surface area contributed by atoms with Gasteiger partial charge in [0.05, 0.1) is 15.7 Å². The summed E-state index contributed by atoms with van der Waals surface area (Å²) in [5.41, 5.74) is 3.13. The van der Waals surface area contributed by atoms with E-state index in [1.165, 1.54) is 19.3 Å². The topological polar surface area (TPSA) is 29.1 Å². The highest BCUT2D eigenvalue weighted by Crippen LogP contribution is 2.20. The van der Waals surface area contributed by atoms with Crippen molar-refractivity contribution >= 4 is 11.0 Å². The molecule has 0 saturated heterocycles. The first-order valence-electron chi connectivity index (χ1n) is 6.11. The van der Waals surface area contributed by atoms with Gasteiger partial charge in [-0.3, -0.25) is 0 Å². The van der Waals surface area contributed by atoms with Crippen LogP contribution in [0.5, 0.6) is 0 Å². The number of hydrogen-bond donors (Lipinski definition) is 1. The largest absolute Gasteiger partial charge is 0.242 e. The summed E-state index contributed by atoms with van der Waals surface area (Å²) in [6.07, 6.45) is 3.96. The van der Waals surface area contributed by atoms with Crippen LogP contribution >= 0.6 is 0 Å². The second kappa shape index (κ2) is 6.31. The molecule has 2 nitrogen and oxygen atoms in total. The molecule has 0 bridgehead atoms.